The van der Waals surface area contributed by atoms with Gasteiger partial charge >= 0.3 is 0 Å². The maximum Gasteiger partial charge on any atom is 0.155 e. The fraction of sp³-hybridized carbons (Fsp3) is 0.957. The molecule has 4 atom stereocenters. The van der Waals surface area contributed by atoms with Crippen LogP contribution in [-0.4, -0.2) is 23.9 Å². The Labute approximate surface area is 151 Å². The summed E-state index contributed by atoms with van der Waals surface area (Å²) in [5.41, 5.74) is 1.85. The predicted molar refractivity (Wildman–Crippen MR) is 105 cm³/mol. The summed E-state index contributed by atoms with van der Waals surface area (Å²) in [7, 11) is 2.42. The van der Waals surface area contributed by atoms with Crippen molar-refractivity contribution >= 4 is 5.71 Å². The summed E-state index contributed by atoms with van der Waals surface area (Å²) < 4.78 is 2.72. The second-order valence-corrected chi connectivity index (χ2v) is 9.34. The molecular formula is C23H42N+. The van der Waals surface area contributed by atoms with E-state index >= 15 is 0 Å². The Morgan fingerprint density at radius 2 is 1.33 bits per heavy atom. The summed E-state index contributed by atoms with van der Waals surface area (Å²) in [6.45, 7) is 3.88. The summed E-state index contributed by atoms with van der Waals surface area (Å²) in [4.78, 5) is 0. The molecule has 0 radical (unpaired) electrons. The summed E-state index contributed by atoms with van der Waals surface area (Å²) >= 11 is 0. The predicted octanol–water partition coefficient (Wildman–Crippen LogP) is 6.45. The van der Waals surface area contributed by atoms with Gasteiger partial charge in [0.15, 0.2) is 5.71 Å². The van der Waals surface area contributed by atoms with Gasteiger partial charge in [0.25, 0.3) is 0 Å². The zero-order chi connectivity index (χ0) is 16.8. The Hall–Kier alpha value is -0.330. The molecule has 1 nitrogen and oxygen atoms in total. The average Bonchev–Trinajstić information content (AvgIpc) is 3.32. The zero-order valence-electron chi connectivity index (χ0n) is 16.6. The van der Waals surface area contributed by atoms with E-state index in [1.165, 1.54) is 96.4 Å². The van der Waals surface area contributed by atoms with Crippen molar-refractivity contribution in [3.63, 3.8) is 0 Å². The van der Waals surface area contributed by atoms with Crippen LogP contribution in [0.4, 0.5) is 0 Å². The van der Waals surface area contributed by atoms with Crippen molar-refractivity contribution in [1.29, 1.82) is 0 Å². The van der Waals surface area contributed by atoms with Gasteiger partial charge in [-0.3, -0.25) is 0 Å². The van der Waals surface area contributed by atoms with Gasteiger partial charge in [-0.05, 0) is 49.9 Å². The minimum absolute atomic E-state index is 0.878. The van der Waals surface area contributed by atoms with Crippen molar-refractivity contribution in [3.8, 4) is 0 Å². The number of rotatable bonds is 1. The summed E-state index contributed by atoms with van der Waals surface area (Å²) in [6, 6.07) is 0. The van der Waals surface area contributed by atoms with Crippen molar-refractivity contribution in [3.05, 3.63) is 0 Å². The van der Waals surface area contributed by atoms with E-state index < -0.39 is 0 Å². The Balaban J connectivity index is 1.68. The van der Waals surface area contributed by atoms with Crippen LogP contribution >= 0.6 is 0 Å². The lowest BCUT2D eigenvalue weighted by atomic mass is 9.79. The summed E-state index contributed by atoms with van der Waals surface area (Å²) in [5.74, 6) is 4.00. The topological polar surface area (TPSA) is 3.01 Å². The number of hydrogen-bond acceptors (Lipinski definition) is 0. The Morgan fingerprint density at radius 3 is 2.12 bits per heavy atom. The molecule has 2 fully saturated rings. The van der Waals surface area contributed by atoms with Gasteiger partial charge in [0.05, 0.1) is 0 Å². The summed E-state index contributed by atoms with van der Waals surface area (Å²) in [6.07, 6.45) is 22.1. The molecule has 0 aromatic rings. The standard InChI is InChI=1S/C23H42N/c1-19-12-7-5-3-4-6-8-15-22(19)23-16-10-9-13-20-18-21(20)14-11-17-24(23)2/h19-22H,3-18H2,1-2H3/q+1. The lowest BCUT2D eigenvalue weighted by Gasteiger charge is -2.26. The van der Waals surface area contributed by atoms with Crippen molar-refractivity contribution < 1.29 is 4.58 Å². The van der Waals surface area contributed by atoms with Gasteiger partial charge in [0, 0.05) is 18.8 Å². The largest absolute Gasteiger partial charge is 0.239 e. The van der Waals surface area contributed by atoms with Crippen LogP contribution in [0.15, 0.2) is 0 Å². The fourth-order valence-electron chi connectivity index (χ4n) is 5.64. The molecule has 3 rings (SSSR count). The third kappa shape index (κ3) is 5.33. The lowest BCUT2D eigenvalue weighted by Crippen LogP contribution is -2.31. The molecule has 0 amide bonds. The number of nitrogens with zero attached hydrogens (tertiary/aromatic N) is 1. The molecule has 2 saturated carbocycles. The molecular weight excluding hydrogens is 290 g/mol. The van der Waals surface area contributed by atoms with Crippen molar-refractivity contribution in [2.75, 3.05) is 13.6 Å². The third-order valence-electron chi connectivity index (χ3n) is 7.43. The van der Waals surface area contributed by atoms with Gasteiger partial charge in [-0.1, -0.05) is 58.3 Å². The molecule has 1 heterocycles. The van der Waals surface area contributed by atoms with E-state index in [-0.39, 0.29) is 0 Å². The van der Waals surface area contributed by atoms with Gasteiger partial charge in [-0.25, -0.2) is 4.58 Å². The van der Waals surface area contributed by atoms with Crippen LogP contribution in [0.25, 0.3) is 0 Å². The van der Waals surface area contributed by atoms with Crippen LogP contribution < -0.4 is 0 Å². The molecule has 0 aromatic carbocycles. The van der Waals surface area contributed by atoms with E-state index in [1.807, 2.05) is 5.71 Å². The maximum absolute atomic E-state index is 2.72. The van der Waals surface area contributed by atoms with E-state index in [2.05, 4.69) is 18.5 Å². The summed E-state index contributed by atoms with van der Waals surface area (Å²) in [5, 5.41) is 0. The van der Waals surface area contributed by atoms with Crippen molar-refractivity contribution in [2.24, 2.45) is 23.7 Å². The molecule has 3 aliphatic rings. The zero-order valence-corrected chi connectivity index (χ0v) is 16.6. The van der Waals surface area contributed by atoms with Crippen molar-refractivity contribution in [1.82, 2.24) is 0 Å². The second kappa shape index (κ2) is 9.39. The van der Waals surface area contributed by atoms with E-state index in [9.17, 15) is 0 Å². The highest BCUT2D eigenvalue weighted by Crippen LogP contribution is 2.45. The first-order valence-corrected chi connectivity index (χ1v) is 11.3. The third-order valence-corrected chi connectivity index (χ3v) is 7.43. The van der Waals surface area contributed by atoms with Crippen LogP contribution in [0.5, 0.6) is 0 Å². The van der Waals surface area contributed by atoms with Gasteiger partial charge < -0.3 is 0 Å². The van der Waals surface area contributed by atoms with E-state index in [0.29, 0.717) is 0 Å². The monoisotopic (exact) mass is 332 g/mol. The molecule has 0 N–H and O–H groups in total. The second-order valence-electron chi connectivity index (χ2n) is 9.34. The first-order chi connectivity index (χ1) is 11.8. The van der Waals surface area contributed by atoms with Crippen LogP contribution in [-0.2, 0) is 0 Å². The first kappa shape index (κ1) is 18.5. The fourth-order valence-corrected chi connectivity index (χ4v) is 5.64. The van der Waals surface area contributed by atoms with Gasteiger partial charge in [0.1, 0.15) is 13.6 Å². The Morgan fingerprint density at radius 1 is 0.708 bits per heavy atom. The highest BCUT2D eigenvalue weighted by Gasteiger charge is 2.36. The number of fused-ring (bicyclic) bond motifs is 1. The van der Waals surface area contributed by atoms with Crippen LogP contribution in [0.2, 0.25) is 0 Å². The smallest absolute Gasteiger partial charge is 0.155 e. The molecule has 0 bridgehead atoms. The number of hydrogen-bond donors (Lipinski definition) is 0. The lowest BCUT2D eigenvalue weighted by molar-refractivity contribution is -0.502. The quantitative estimate of drug-likeness (QED) is 0.486. The highest BCUT2D eigenvalue weighted by atomic mass is 15.0. The van der Waals surface area contributed by atoms with E-state index in [4.69, 9.17) is 0 Å². The van der Waals surface area contributed by atoms with E-state index in [1.54, 1.807) is 6.42 Å². The molecule has 0 saturated heterocycles. The normalized spacial score (nSPS) is 37.2. The van der Waals surface area contributed by atoms with Crippen LogP contribution in [0, 0.1) is 23.7 Å². The SMILES string of the molecule is CC1CCCCCCCCC1C1=[N+](C)CCCC2CC2CCCC1. The van der Waals surface area contributed by atoms with Crippen molar-refractivity contribution in [2.45, 2.75) is 103 Å². The minimum Gasteiger partial charge on any atom is -0.239 e. The van der Waals surface area contributed by atoms with Gasteiger partial charge in [-0.2, -0.15) is 0 Å². The Kier molecular flexibility index (Phi) is 7.22. The molecule has 24 heavy (non-hydrogen) atoms. The Bertz CT molecular complexity index is 410. The maximum atomic E-state index is 2.72. The minimum atomic E-state index is 0.878. The molecule has 0 spiro atoms. The average molecular weight is 333 g/mol. The van der Waals surface area contributed by atoms with E-state index in [0.717, 1.165) is 23.7 Å². The van der Waals surface area contributed by atoms with Crippen LogP contribution in [0.3, 0.4) is 0 Å². The van der Waals surface area contributed by atoms with Crippen LogP contribution in [0.1, 0.15) is 103 Å². The molecule has 0 aromatic heterocycles. The molecule has 1 heteroatoms. The highest BCUT2D eigenvalue weighted by molar-refractivity contribution is 5.82. The molecule has 2 aliphatic carbocycles. The van der Waals surface area contributed by atoms with Gasteiger partial charge in [0.2, 0.25) is 0 Å². The molecule has 138 valence electrons. The van der Waals surface area contributed by atoms with Gasteiger partial charge in [-0.15, -0.1) is 0 Å². The first-order valence-electron chi connectivity index (χ1n) is 11.3. The molecule has 4 unspecified atom stereocenters. The molecule has 1 aliphatic heterocycles.